The number of rotatable bonds is 5. The number of benzene rings is 2. The smallest absolute Gasteiger partial charge is 0.264 e. The number of carbonyl (C=O) groups is 1. The Hall–Kier alpha value is -2.84. The summed E-state index contributed by atoms with van der Waals surface area (Å²) in [4.78, 5) is 19.0. The summed E-state index contributed by atoms with van der Waals surface area (Å²) in [5.74, 6) is -0.161. The number of imidazole rings is 1. The number of hydrogen-bond acceptors (Lipinski definition) is 4. The van der Waals surface area contributed by atoms with Crippen molar-refractivity contribution >= 4 is 33.2 Å². The molecule has 31 heavy (non-hydrogen) atoms. The van der Waals surface area contributed by atoms with E-state index in [1.807, 2.05) is 6.20 Å². The van der Waals surface area contributed by atoms with Crippen LogP contribution in [0.15, 0.2) is 72.1 Å². The predicted octanol–water partition coefficient (Wildman–Crippen LogP) is 3.84. The lowest BCUT2D eigenvalue weighted by atomic mass is 10.0. The standard InChI is InChI=1S/C22H23ClN4O3S/c1-25(20-6-3-5-18(23)15-20)31(29,30)21-7-2-4-17(14-21)22(28)26-11-8-19(9-12-26)27-13-10-24-16-27/h2-7,10,13-16,19H,8-9,11-12H2,1H3. The summed E-state index contributed by atoms with van der Waals surface area (Å²) in [6, 6.07) is 13.1. The zero-order valence-corrected chi connectivity index (χ0v) is 18.6. The Kier molecular flexibility index (Phi) is 6.02. The van der Waals surface area contributed by atoms with Gasteiger partial charge in [0.15, 0.2) is 0 Å². The molecule has 162 valence electrons. The maximum Gasteiger partial charge on any atom is 0.264 e. The molecular formula is C22H23ClN4O3S. The second-order valence-electron chi connectivity index (χ2n) is 7.51. The van der Waals surface area contributed by atoms with Crippen LogP contribution in [0.3, 0.4) is 0 Å². The van der Waals surface area contributed by atoms with Crippen LogP contribution in [-0.4, -0.2) is 48.9 Å². The Morgan fingerprint density at radius 2 is 1.87 bits per heavy atom. The van der Waals surface area contributed by atoms with E-state index in [0.717, 1.165) is 12.8 Å². The minimum atomic E-state index is -3.84. The number of aromatic nitrogens is 2. The zero-order chi connectivity index (χ0) is 22.0. The van der Waals surface area contributed by atoms with Crippen molar-refractivity contribution in [2.24, 2.45) is 0 Å². The van der Waals surface area contributed by atoms with Crippen LogP contribution in [0.25, 0.3) is 0 Å². The number of nitrogens with zero attached hydrogens (tertiary/aromatic N) is 4. The van der Waals surface area contributed by atoms with Gasteiger partial charge in [-0.05, 0) is 49.2 Å². The summed E-state index contributed by atoms with van der Waals surface area (Å²) < 4.78 is 29.5. The molecule has 1 aliphatic rings. The van der Waals surface area contributed by atoms with Crippen LogP contribution in [0.5, 0.6) is 0 Å². The molecule has 0 aliphatic carbocycles. The highest BCUT2D eigenvalue weighted by Crippen LogP contribution is 2.27. The molecule has 2 heterocycles. The van der Waals surface area contributed by atoms with Crippen LogP contribution < -0.4 is 4.31 Å². The van der Waals surface area contributed by atoms with Crippen LogP contribution in [-0.2, 0) is 10.0 Å². The van der Waals surface area contributed by atoms with Gasteiger partial charge in [-0.25, -0.2) is 13.4 Å². The normalized spacial score (nSPS) is 15.1. The summed E-state index contributed by atoms with van der Waals surface area (Å²) in [5, 5.41) is 0.447. The van der Waals surface area contributed by atoms with Crippen molar-refractivity contribution < 1.29 is 13.2 Å². The number of piperidine rings is 1. The van der Waals surface area contributed by atoms with Crippen molar-refractivity contribution in [1.29, 1.82) is 0 Å². The van der Waals surface area contributed by atoms with E-state index < -0.39 is 10.0 Å². The molecule has 0 spiro atoms. The predicted molar refractivity (Wildman–Crippen MR) is 120 cm³/mol. The first-order valence-corrected chi connectivity index (χ1v) is 11.8. The maximum absolute atomic E-state index is 13.1. The van der Waals surface area contributed by atoms with Crippen molar-refractivity contribution in [3.05, 3.63) is 77.8 Å². The molecule has 1 aliphatic heterocycles. The maximum atomic E-state index is 13.1. The van der Waals surface area contributed by atoms with Gasteiger partial charge in [-0.15, -0.1) is 0 Å². The summed E-state index contributed by atoms with van der Waals surface area (Å²) in [7, 11) is -2.37. The summed E-state index contributed by atoms with van der Waals surface area (Å²) >= 11 is 6.00. The number of sulfonamides is 1. The number of hydrogen-bond donors (Lipinski definition) is 0. The SMILES string of the molecule is CN(c1cccc(Cl)c1)S(=O)(=O)c1cccc(C(=O)N2CCC(n3ccnc3)CC2)c1. The lowest BCUT2D eigenvalue weighted by Crippen LogP contribution is -2.39. The molecule has 7 nitrogen and oxygen atoms in total. The number of likely N-dealkylation sites (tertiary alicyclic amines) is 1. The quantitative estimate of drug-likeness (QED) is 0.582. The van der Waals surface area contributed by atoms with Gasteiger partial charge in [-0.3, -0.25) is 9.10 Å². The van der Waals surface area contributed by atoms with E-state index in [0.29, 0.717) is 35.4 Å². The van der Waals surface area contributed by atoms with Crippen LogP contribution in [0.4, 0.5) is 5.69 Å². The number of amides is 1. The summed E-state index contributed by atoms with van der Waals surface area (Å²) in [5.41, 5.74) is 0.812. The second-order valence-corrected chi connectivity index (χ2v) is 9.92. The third-order valence-electron chi connectivity index (χ3n) is 5.61. The Bertz CT molecular complexity index is 1170. The van der Waals surface area contributed by atoms with Crippen molar-refractivity contribution in [1.82, 2.24) is 14.5 Å². The molecule has 2 aromatic carbocycles. The number of carbonyl (C=O) groups excluding carboxylic acids is 1. The molecule has 0 N–H and O–H groups in total. The lowest BCUT2D eigenvalue weighted by Gasteiger charge is -2.32. The van der Waals surface area contributed by atoms with Gasteiger partial charge in [0, 0.05) is 49.2 Å². The molecule has 4 rings (SSSR count). The fourth-order valence-corrected chi connectivity index (χ4v) is 5.21. The average molecular weight is 459 g/mol. The Morgan fingerprint density at radius 1 is 1.13 bits per heavy atom. The lowest BCUT2D eigenvalue weighted by molar-refractivity contribution is 0.0694. The van der Waals surface area contributed by atoms with Crippen molar-refractivity contribution in [3.63, 3.8) is 0 Å². The molecule has 0 atom stereocenters. The van der Waals surface area contributed by atoms with Gasteiger partial charge < -0.3 is 9.47 Å². The number of anilines is 1. The average Bonchev–Trinajstić information content (AvgIpc) is 3.33. The van der Waals surface area contributed by atoms with Crippen molar-refractivity contribution in [2.45, 2.75) is 23.8 Å². The van der Waals surface area contributed by atoms with E-state index in [4.69, 9.17) is 11.6 Å². The molecule has 1 saturated heterocycles. The fraction of sp³-hybridized carbons (Fsp3) is 0.273. The molecule has 3 aromatic rings. The first-order chi connectivity index (χ1) is 14.9. The van der Waals surface area contributed by atoms with Crippen molar-refractivity contribution in [2.75, 3.05) is 24.4 Å². The van der Waals surface area contributed by atoms with Gasteiger partial charge in [0.2, 0.25) is 0 Å². The Labute approximate surface area is 186 Å². The van der Waals surface area contributed by atoms with Gasteiger partial charge in [0.05, 0.1) is 16.9 Å². The summed E-state index contributed by atoms with van der Waals surface area (Å²) in [6.07, 6.45) is 7.15. The monoisotopic (exact) mass is 458 g/mol. The molecule has 1 amide bonds. The first-order valence-electron chi connectivity index (χ1n) is 9.97. The fourth-order valence-electron chi connectivity index (χ4n) is 3.79. The first kappa shape index (κ1) is 21.4. The molecule has 9 heteroatoms. The van der Waals surface area contributed by atoms with E-state index in [1.54, 1.807) is 53.8 Å². The highest BCUT2D eigenvalue weighted by atomic mass is 35.5. The molecule has 0 radical (unpaired) electrons. The third kappa shape index (κ3) is 4.45. The van der Waals surface area contributed by atoms with E-state index in [-0.39, 0.29) is 10.8 Å². The highest BCUT2D eigenvalue weighted by molar-refractivity contribution is 7.92. The Balaban J connectivity index is 1.51. The van der Waals surface area contributed by atoms with Gasteiger partial charge >= 0.3 is 0 Å². The van der Waals surface area contributed by atoms with Gasteiger partial charge in [0.1, 0.15) is 0 Å². The molecule has 0 unspecified atom stereocenters. The third-order valence-corrected chi connectivity index (χ3v) is 7.63. The largest absolute Gasteiger partial charge is 0.338 e. The van der Waals surface area contributed by atoms with E-state index in [9.17, 15) is 13.2 Å². The van der Waals surface area contributed by atoms with Crippen LogP contribution >= 0.6 is 11.6 Å². The molecule has 0 saturated carbocycles. The summed E-state index contributed by atoms with van der Waals surface area (Å²) in [6.45, 7) is 1.22. The second kappa shape index (κ2) is 8.72. The molecular weight excluding hydrogens is 436 g/mol. The molecule has 1 aromatic heterocycles. The van der Waals surface area contributed by atoms with Gasteiger partial charge in [-0.2, -0.15) is 0 Å². The number of halogens is 1. The highest BCUT2D eigenvalue weighted by Gasteiger charge is 2.27. The van der Waals surface area contributed by atoms with Gasteiger partial charge in [-0.1, -0.05) is 23.7 Å². The van der Waals surface area contributed by atoms with Crippen molar-refractivity contribution in [3.8, 4) is 0 Å². The topological polar surface area (TPSA) is 75.5 Å². The van der Waals surface area contributed by atoms with Crippen LogP contribution in [0, 0.1) is 0 Å². The van der Waals surface area contributed by atoms with Gasteiger partial charge in [0.25, 0.3) is 15.9 Å². The van der Waals surface area contributed by atoms with Crippen LogP contribution in [0.2, 0.25) is 5.02 Å². The molecule has 0 bridgehead atoms. The minimum Gasteiger partial charge on any atom is -0.338 e. The molecule has 1 fully saturated rings. The Morgan fingerprint density at radius 3 is 2.55 bits per heavy atom. The van der Waals surface area contributed by atoms with Crippen LogP contribution in [0.1, 0.15) is 29.2 Å². The van der Waals surface area contributed by atoms with E-state index >= 15 is 0 Å². The zero-order valence-electron chi connectivity index (χ0n) is 17.1. The minimum absolute atomic E-state index is 0.0640. The van der Waals surface area contributed by atoms with E-state index in [2.05, 4.69) is 9.55 Å². The van der Waals surface area contributed by atoms with E-state index in [1.165, 1.54) is 23.5 Å².